The van der Waals surface area contributed by atoms with E-state index in [-0.39, 0.29) is 0 Å². The summed E-state index contributed by atoms with van der Waals surface area (Å²) in [5.41, 5.74) is -10.7. The van der Waals surface area contributed by atoms with E-state index in [1.54, 1.807) is 0 Å². The van der Waals surface area contributed by atoms with Crippen molar-refractivity contribution in [3.8, 4) is 0 Å². The molecule has 0 radical (unpaired) electrons. The Morgan fingerprint density at radius 3 is 1.68 bits per heavy atom. The van der Waals surface area contributed by atoms with Crippen molar-refractivity contribution in [3.63, 3.8) is 0 Å². The van der Waals surface area contributed by atoms with Crippen LogP contribution in [0.1, 0.15) is 20.3 Å². The minimum atomic E-state index is -6.48. The Morgan fingerprint density at radius 1 is 0.880 bits per heavy atom. The molecule has 2 fully saturated rings. The summed E-state index contributed by atoms with van der Waals surface area (Å²) < 4.78 is 134. The number of halogens is 9. The summed E-state index contributed by atoms with van der Waals surface area (Å²) in [5, 5.41) is 0. The highest BCUT2D eigenvalue weighted by Crippen LogP contribution is 2.73. The number of ether oxygens (including phenoxy) is 2. The first kappa shape index (κ1) is 20.6. The van der Waals surface area contributed by atoms with Gasteiger partial charge in [-0.1, -0.05) is 13.8 Å². The second-order valence-corrected chi connectivity index (χ2v) is 6.73. The van der Waals surface area contributed by atoms with E-state index in [9.17, 15) is 35.1 Å². The molecule has 5 atom stereocenters. The predicted octanol–water partition coefficient (Wildman–Crippen LogP) is 4.74. The summed E-state index contributed by atoms with van der Waals surface area (Å²) in [7, 11) is 0.700. The van der Waals surface area contributed by atoms with E-state index in [0.717, 1.165) is 0 Å². The normalized spacial score (nSPS) is 38.4. The van der Waals surface area contributed by atoms with Gasteiger partial charge in [-0.15, -0.1) is 0 Å². The van der Waals surface area contributed by atoms with E-state index in [1.807, 2.05) is 0 Å². The molecule has 148 valence electrons. The number of hydrogen-bond acceptors (Lipinski definition) is 2. The Morgan fingerprint density at radius 2 is 1.32 bits per heavy atom. The van der Waals surface area contributed by atoms with Crippen LogP contribution in [0.4, 0.5) is 39.5 Å². The molecule has 0 aromatic rings. The molecule has 2 aliphatic carbocycles. The van der Waals surface area contributed by atoms with Crippen molar-refractivity contribution in [1.29, 1.82) is 0 Å². The average molecular weight is 388 g/mol. The second kappa shape index (κ2) is 5.64. The van der Waals surface area contributed by atoms with E-state index in [2.05, 4.69) is 9.47 Å². The molecule has 2 saturated carbocycles. The van der Waals surface area contributed by atoms with Crippen LogP contribution in [0.2, 0.25) is 0 Å². The highest BCUT2D eigenvalue weighted by molar-refractivity contribution is 5.28. The van der Waals surface area contributed by atoms with Crippen LogP contribution in [0.15, 0.2) is 0 Å². The van der Waals surface area contributed by atoms with Gasteiger partial charge in [0, 0.05) is 18.9 Å². The maximum Gasteiger partial charge on any atom is 0.430 e. The van der Waals surface area contributed by atoms with Gasteiger partial charge in [0.2, 0.25) is 5.67 Å². The standard InChI is InChI=1S/C14H17F9O2/c1-6-7(2)9-4-8(6)10(15,11(9,16)17)12(13(18,19)20,14(21,22)23)25-5-24-3/h6-9H,4-5H2,1-3H3. The molecule has 2 nitrogen and oxygen atoms in total. The number of rotatable bonds is 4. The summed E-state index contributed by atoms with van der Waals surface area (Å²) in [5.74, 6) is -11.0. The highest BCUT2D eigenvalue weighted by atomic mass is 19.4. The second-order valence-electron chi connectivity index (χ2n) is 6.73. The molecular formula is C14H17F9O2. The summed E-state index contributed by atoms with van der Waals surface area (Å²) in [4.78, 5) is 0. The lowest BCUT2D eigenvalue weighted by molar-refractivity contribution is -0.452. The molecule has 2 bridgehead atoms. The smallest absolute Gasteiger partial charge is 0.359 e. The summed E-state index contributed by atoms with van der Waals surface area (Å²) in [6.45, 7) is 0.788. The SMILES string of the molecule is COCOC(C(F)(F)F)(C(F)(F)F)C1(F)C2CC(C(C)C2C)C1(F)F. The first-order valence-corrected chi connectivity index (χ1v) is 7.44. The molecule has 0 heterocycles. The largest absolute Gasteiger partial charge is 0.430 e. The number of methoxy groups -OCH3 is 1. The van der Waals surface area contributed by atoms with Crippen LogP contribution in [0.5, 0.6) is 0 Å². The van der Waals surface area contributed by atoms with Crippen LogP contribution >= 0.6 is 0 Å². The van der Waals surface area contributed by atoms with Crippen molar-refractivity contribution < 1.29 is 49.0 Å². The molecule has 2 rings (SSSR count). The molecule has 0 aliphatic heterocycles. The predicted molar refractivity (Wildman–Crippen MR) is 66.5 cm³/mol. The maximum atomic E-state index is 15.5. The minimum absolute atomic E-state index is 0.700. The molecule has 25 heavy (non-hydrogen) atoms. The fraction of sp³-hybridized carbons (Fsp3) is 1.00. The number of hydrogen-bond donors (Lipinski definition) is 0. The molecule has 0 amide bonds. The van der Waals surface area contributed by atoms with Crippen LogP contribution < -0.4 is 0 Å². The lowest BCUT2D eigenvalue weighted by Crippen LogP contribution is -2.78. The van der Waals surface area contributed by atoms with Crippen LogP contribution in [-0.4, -0.2) is 43.4 Å². The first-order valence-electron chi connectivity index (χ1n) is 7.44. The van der Waals surface area contributed by atoms with Crippen molar-refractivity contribution in [2.45, 2.75) is 49.8 Å². The van der Waals surface area contributed by atoms with Gasteiger partial charge in [0.1, 0.15) is 6.79 Å². The Hall–Kier alpha value is -0.710. The zero-order chi connectivity index (χ0) is 19.6. The van der Waals surface area contributed by atoms with Crippen molar-refractivity contribution in [2.24, 2.45) is 23.7 Å². The Labute approximate surface area is 137 Å². The molecule has 5 unspecified atom stereocenters. The van der Waals surface area contributed by atoms with E-state index in [0.29, 0.717) is 7.11 Å². The zero-order valence-corrected chi connectivity index (χ0v) is 13.4. The van der Waals surface area contributed by atoms with Crippen molar-refractivity contribution >= 4 is 0 Å². The number of fused-ring (bicyclic) bond motifs is 2. The van der Waals surface area contributed by atoms with Gasteiger partial charge < -0.3 is 9.47 Å². The Kier molecular flexibility index (Phi) is 4.65. The third-order valence-corrected chi connectivity index (χ3v) is 5.77. The van der Waals surface area contributed by atoms with Gasteiger partial charge in [-0.25, -0.2) is 13.2 Å². The first-order chi connectivity index (χ1) is 11.1. The van der Waals surface area contributed by atoms with Gasteiger partial charge in [0.25, 0.3) is 5.92 Å². The molecule has 0 N–H and O–H groups in total. The highest BCUT2D eigenvalue weighted by Gasteiger charge is 2.94. The number of alkyl halides is 9. The van der Waals surface area contributed by atoms with Crippen LogP contribution in [0.3, 0.4) is 0 Å². The van der Waals surface area contributed by atoms with Crippen LogP contribution in [-0.2, 0) is 9.47 Å². The van der Waals surface area contributed by atoms with E-state index in [1.165, 1.54) is 13.8 Å². The van der Waals surface area contributed by atoms with Crippen LogP contribution in [0.25, 0.3) is 0 Å². The van der Waals surface area contributed by atoms with Gasteiger partial charge in [-0.3, -0.25) is 0 Å². The lowest BCUT2D eigenvalue weighted by Gasteiger charge is -2.52. The third-order valence-electron chi connectivity index (χ3n) is 5.77. The molecule has 11 heteroatoms. The van der Waals surface area contributed by atoms with E-state index < -0.39 is 66.4 Å². The molecule has 0 aromatic carbocycles. The van der Waals surface area contributed by atoms with Crippen molar-refractivity contribution in [3.05, 3.63) is 0 Å². The lowest BCUT2D eigenvalue weighted by atomic mass is 9.63. The fourth-order valence-electron chi connectivity index (χ4n) is 4.44. The topological polar surface area (TPSA) is 18.5 Å². The Balaban J connectivity index is 2.77. The summed E-state index contributed by atoms with van der Waals surface area (Å²) in [6, 6.07) is 0. The monoisotopic (exact) mass is 388 g/mol. The molecule has 0 aromatic heterocycles. The van der Waals surface area contributed by atoms with Gasteiger partial charge in [0.15, 0.2) is 0 Å². The fourth-order valence-corrected chi connectivity index (χ4v) is 4.44. The van der Waals surface area contributed by atoms with Crippen LogP contribution in [0, 0.1) is 23.7 Å². The minimum Gasteiger partial charge on any atom is -0.359 e. The third kappa shape index (κ3) is 2.26. The molecule has 2 aliphatic rings. The van der Waals surface area contributed by atoms with Crippen molar-refractivity contribution in [2.75, 3.05) is 13.9 Å². The Bertz CT molecular complexity index is 501. The van der Waals surface area contributed by atoms with Gasteiger partial charge in [-0.2, -0.15) is 26.3 Å². The quantitative estimate of drug-likeness (QED) is 0.512. The van der Waals surface area contributed by atoms with Gasteiger partial charge in [0.05, 0.1) is 0 Å². The van der Waals surface area contributed by atoms with Crippen molar-refractivity contribution in [1.82, 2.24) is 0 Å². The molecule has 0 spiro atoms. The average Bonchev–Trinajstić information content (AvgIpc) is 2.82. The molecular weight excluding hydrogens is 371 g/mol. The van der Waals surface area contributed by atoms with Gasteiger partial charge in [-0.05, 0) is 18.3 Å². The molecule has 0 saturated heterocycles. The van der Waals surface area contributed by atoms with E-state index in [4.69, 9.17) is 0 Å². The summed E-state index contributed by atoms with van der Waals surface area (Å²) in [6.07, 6.45) is -13.7. The van der Waals surface area contributed by atoms with Gasteiger partial charge >= 0.3 is 18.0 Å². The summed E-state index contributed by atoms with van der Waals surface area (Å²) >= 11 is 0. The maximum absolute atomic E-state index is 15.5. The van der Waals surface area contributed by atoms with E-state index >= 15 is 4.39 Å². The zero-order valence-electron chi connectivity index (χ0n) is 13.4.